The molecule has 0 saturated heterocycles. The molecule has 0 radical (unpaired) electrons. The maximum Gasteiger partial charge on any atom is 0.337 e. The van der Waals surface area contributed by atoms with Crippen molar-refractivity contribution in [3.63, 3.8) is 0 Å². The van der Waals surface area contributed by atoms with E-state index in [0.717, 1.165) is 31.2 Å². The number of hydrogen-bond donors (Lipinski definition) is 3. The van der Waals surface area contributed by atoms with Crippen LogP contribution in [0.5, 0.6) is 0 Å². The van der Waals surface area contributed by atoms with Crippen molar-refractivity contribution in [2.24, 2.45) is 5.92 Å². The highest BCUT2D eigenvalue weighted by atomic mass is 16.4. The molecule has 1 saturated carbocycles. The molecule has 1 aromatic carbocycles. The molecular formula is C15H21NO3. The fourth-order valence-corrected chi connectivity index (χ4v) is 2.78. The Bertz CT molecular complexity index is 459. The fraction of sp³-hybridized carbons (Fsp3) is 0.533. The number of carboxylic acid groups (broad SMARTS) is 1. The van der Waals surface area contributed by atoms with Crippen LogP contribution in [0.4, 0.5) is 5.69 Å². The summed E-state index contributed by atoms with van der Waals surface area (Å²) in [5, 5.41) is 22.0. The molecule has 4 heteroatoms. The number of aliphatic hydroxyl groups excluding tert-OH is 1. The van der Waals surface area contributed by atoms with E-state index in [1.807, 2.05) is 19.1 Å². The van der Waals surface area contributed by atoms with E-state index in [1.54, 1.807) is 6.07 Å². The van der Waals surface area contributed by atoms with Gasteiger partial charge in [0.1, 0.15) is 0 Å². The van der Waals surface area contributed by atoms with Crippen molar-refractivity contribution in [2.45, 2.75) is 38.6 Å². The topological polar surface area (TPSA) is 69.6 Å². The first-order valence-electron chi connectivity index (χ1n) is 6.83. The van der Waals surface area contributed by atoms with E-state index in [9.17, 15) is 15.0 Å². The first kappa shape index (κ1) is 13.9. The Balaban J connectivity index is 2.20. The second-order valence-corrected chi connectivity index (χ2v) is 5.33. The molecule has 0 aromatic heterocycles. The Kier molecular flexibility index (Phi) is 4.43. The van der Waals surface area contributed by atoms with Crippen LogP contribution in [0.2, 0.25) is 0 Å². The third-order valence-corrected chi connectivity index (χ3v) is 3.89. The van der Waals surface area contributed by atoms with E-state index in [2.05, 4.69) is 5.32 Å². The van der Waals surface area contributed by atoms with Gasteiger partial charge in [0.25, 0.3) is 0 Å². The van der Waals surface area contributed by atoms with Gasteiger partial charge in [0, 0.05) is 24.3 Å². The average Bonchev–Trinajstić information content (AvgIpc) is 2.41. The largest absolute Gasteiger partial charge is 0.478 e. The van der Waals surface area contributed by atoms with E-state index >= 15 is 0 Å². The molecule has 2 atom stereocenters. The lowest BCUT2D eigenvalue weighted by Gasteiger charge is -2.32. The standard InChI is InChI=1S/C15H21NO3/c1-10-6-7-14(12(8-10)15(18)19)16-13-5-3-2-4-11(13)9-17/h6-8,11,13,16-17H,2-5,9H2,1H3,(H,18,19). The summed E-state index contributed by atoms with van der Waals surface area (Å²) in [6.07, 6.45) is 4.26. The SMILES string of the molecule is Cc1ccc(NC2CCCCC2CO)c(C(=O)O)c1. The van der Waals surface area contributed by atoms with Crippen LogP contribution in [0, 0.1) is 12.8 Å². The lowest BCUT2D eigenvalue weighted by molar-refractivity contribution is 0.0697. The monoisotopic (exact) mass is 263 g/mol. The minimum atomic E-state index is -0.914. The number of hydrogen-bond acceptors (Lipinski definition) is 3. The van der Waals surface area contributed by atoms with Crippen molar-refractivity contribution in [3.05, 3.63) is 29.3 Å². The minimum Gasteiger partial charge on any atom is -0.478 e. The van der Waals surface area contributed by atoms with Crippen molar-refractivity contribution in [1.82, 2.24) is 0 Å². The molecular weight excluding hydrogens is 242 g/mol. The first-order chi connectivity index (χ1) is 9.11. The zero-order valence-corrected chi connectivity index (χ0v) is 11.2. The zero-order valence-electron chi connectivity index (χ0n) is 11.2. The zero-order chi connectivity index (χ0) is 13.8. The molecule has 4 nitrogen and oxygen atoms in total. The van der Waals surface area contributed by atoms with Crippen LogP contribution in [0.3, 0.4) is 0 Å². The Morgan fingerprint density at radius 1 is 1.37 bits per heavy atom. The molecule has 2 unspecified atom stereocenters. The second-order valence-electron chi connectivity index (χ2n) is 5.33. The number of aromatic carboxylic acids is 1. The van der Waals surface area contributed by atoms with Gasteiger partial charge in [-0.05, 0) is 31.9 Å². The summed E-state index contributed by atoms with van der Waals surface area (Å²) in [5.41, 5.74) is 1.90. The van der Waals surface area contributed by atoms with Gasteiger partial charge >= 0.3 is 5.97 Å². The van der Waals surface area contributed by atoms with Gasteiger partial charge in [0.05, 0.1) is 5.56 Å². The van der Waals surface area contributed by atoms with Crippen LogP contribution in [-0.2, 0) is 0 Å². The van der Waals surface area contributed by atoms with Crippen LogP contribution in [0.15, 0.2) is 18.2 Å². The highest BCUT2D eigenvalue weighted by molar-refractivity contribution is 5.94. The van der Waals surface area contributed by atoms with Crippen molar-refractivity contribution in [2.75, 3.05) is 11.9 Å². The van der Waals surface area contributed by atoms with Crippen molar-refractivity contribution >= 4 is 11.7 Å². The van der Waals surface area contributed by atoms with Crippen LogP contribution in [0.1, 0.15) is 41.6 Å². The molecule has 1 aliphatic rings. The van der Waals surface area contributed by atoms with E-state index in [0.29, 0.717) is 11.3 Å². The van der Waals surface area contributed by atoms with Gasteiger partial charge < -0.3 is 15.5 Å². The van der Waals surface area contributed by atoms with Gasteiger partial charge in [-0.15, -0.1) is 0 Å². The lowest BCUT2D eigenvalue weighted by atomic mass is 9.85. The van der Waals surface area contributed by atoms with Gasteiger partial charge in [-0.1, -0.05) is 24.5 Å². The molecule has 1 aliphatic carbocycles. The van der Waals surface area contributed by atoms with Crippen LogP contribution >= 0.6 is 0 Å². The Labute approximate surface area is 113 Å². The van der Waals surface area contributed by atoms with Gasteiger partial charge in [-0.2, -0.15) is 0 Å². The van der Waals surface area contributed by atoms with E-state index in [1.165, 1.54) is 0 Å². The average molecular weight is 263 g/mol. The number of anilines is 1. The molecule has 0 spiro atoms. The van der Waals surface area contributed by atoms with Crippen LogP contribution < -0.4 is 5.32 Å². The Morgan fingerprint density at radius 2 is 2.11 bits per heavy atom. The summed E-state index contributed by atoms with van der Waals surface area (Å²) in [6, 6.07) is 5.58. The predicted octanol–water partition coefficient (Wildman–Crippen LogP) is 2.66. The van der Waals surface area contributed by atoms with Crippen LogP contribution in [0.25, 0.3) is 0 Å². The number of carboxylic acids is 1. The van der Waals surface area contributed by atoms with Crippen molar-refractivity contribution < 1.29 is 15.0 Å². The quantitative estimate of drug-likeness (QED) is 0.781. The van der Waals surface area contributed by atoms with E-state index in [-0.39, 0.29) is 18.6 Å². The van der Waals surface area contributed by atoms with E-state index < -0.39 is 5.97 Å². The number of carbonyl (C=O) groups is 1. The van der Waals surface area contributed by atoms with Gasteiger partial charge in [0.15, 0.2) is 0 Å². The summed E-state index contributed by atoms with van der Waals surface area (Å²) in [5.74, 6) is -0.695. The highest BCUT2D eigenvalue weighted by Gasteiger charge is 2.25. The smallest absolute Gasteiger partial charge is 0.337 e. The number of rotatable bonds is 4. The van der Waals surface area contributed by atoms with Gasteiger partial charge in [-0.25, -0.2) is 4.79 Å². The minimum absolute atomic E-state index is 0.159. The van der Waals surface area contributed by atoms with Gasteiger partial charge in [0.2, 0.25) is 0 Å². The number of benzene rings is 1. The van der Waals surface area contributed by atoms with E-state index in [4.69, 9.17) is 0 Å². The normalized spacial score (nSPS) is 23.1. The summed E-state index contributed by atoms with van der Waals surface area (Å²) >= 11 is 0. The molecule has 0 heterocycles. The van der Waals surface area contributed by atoms with Crippen LogP contribution in [-0.4, -0.2) is 28.8 Å². The maximum atomic E-state index is 11.3. The summed E-state index contributed by atoms with van der Waals surface area (Å²) in [7, 11) is 0. The molecule has 19 heavy (non-hydrogen) atoms. The summed E-state index contributed by atoms with van der Waals surface area (Å²) in [6.45, 7) is 2.04. The molecule has 2 rings (SSSR count). The van der Waals surface area contributed by atoms with Crippen molar-refractivity contribution in [1.29, 1.82) is 0 Å². The fourth-order valence-electron chi connectivity index (χ4n) is 2.78. The second kappa shape index (κ2) is 6.06. The van der Waals surface area contributed by atoms with Crippen molar-refractivity contribution in [3.8, 4) is 0 Å². The van der Waals surface area contributed by atoms with Gasteiger partial charge in [-0.3, -0.25) is 0 Å². The summed E-state index contributed by atoms with van der Waals surface area (Å²) < 4.78 is 0. The number of aliphatic hydroxyl groups is 1. The third-order valence-electron chi connectivity index (χ3n) is 3.89. The maximum absolute atomic E-state index is 11.3. The molecule has 104 valence electrons. The molecule has 0 bridgehead atoms. The molecule has 0 amide bonds. The lowest BCUT2D eigenvalue weighted by Crippen LogP contribution is -2.34. The number of nitrogens with one attached hydrogen (secondary N) is 1. The summed E-state index contributed by atoms with van der Waals surface area (Å²) in [4.78, 5) is 11.3. The Morgan fingerprint density at radius 3 is 2.79 bits per heavy atom. The predicted molar refractivity (Wildman–Crippen MR) is 74.6 cm³/mol. The molecule has 3 N–H and O–H groups in total. The molecule has 1 aromatic rings. The Hall–Kier alpha value is -1.55. The molecule has 1 fully saturated rings. The highest BCUT2D eigenvalue weighted by Crippen LogP contribution is 2.28. The number of aryl methyl sites for hydroxylation is 1. The first-order valence-corrected chi connectivity index (χ1v) is 6.83. The third kappa shape index (κ3) is 3.26. The molecule has 0 aliphatic heterocycles.